The van der Waals surface area contributed by atoms with Crippen LogP contribution in [-0.4, -0.2) is 8.42 Å². The van der Waals surface area contributed by atoms with Crippen molar-refractivity contribution in [3.05, 3.63) is 56.2 Å². The second-order valence-corrected chi connectivity index (χ2v) is 7.63. The maximum absolute atomic E-state index is 12.9. The van der Waals surface area contributed by atoms with E-state index < -0.39 is 15.8 Å². The van der Waals surface area contributed by atoms with Gasteiger partial charge in [-0.1, -0.05) is 27.5 Å². The van der Waals surface area contributed by atoms with E-state index in [-0.39, 0.29) is 15.6 Å². The van der Waals surface area contributed by atoms with Gasteiger partial charge in [0, 0.05) is 8.95 Å². The fourth-order valence-corrected chi connectivity index (χ4v) is 4.31. The first-order valence-electron chi connectivity index (χ1n) is 5.22. The van der Waals surface area contributed by atoms with Crippen LogP contribution in [0.15, 0.2) is 50.2 Å². The number of anilines is 1. The second-order valence-electron chi connectivity index (χ2n) is 3.80. The van der Waals surface area contributed by atoms with Crippen LogP contribution in [0.2, 0.25) is 5.02 Å². The molecule has 0 atom stereocenters. The lowest BCUT2D eigenvalue weighted by molar-refractivity contribution is 0.600. The highest BCUT2D eigenvalue weighted by molar-refractivity contribution is 9.11. The first-order chi connectivity index (χ1) is 9.29. The predicted molar refractivity (Wildman–Crippen MR) is 84.1 cm³/mol. The summed E-state index contributed by atoms with van der Waals surface area (Å²) >= 11 is 12.2. The molecular formula is C12H7Br2ClFNO2S. The van der Waals surface area contributed by atoms with Crippen molar-refractivity contribution in [2.45, 2.75) is 4.90 Å². The maximum atomic E-state index is 12.9. The summed E-state index contributed by atoms with van der Waals surface area (Å²) in [5.74, 6) is -0.540. The zero-order valence-corrected chi connectivity index (χ0v) is 14.4. The second kappa shape index (κ2) is 6.01. The Labute approximate surface area is 137 Å². The number of sulfonamides is 1. The molecule has 2 aromatic carbocycles. The van der Waals surface area contributed by atoms with Gasteiger partial charge in [0.05, 0.1) is 10.7 Å². The molecule has 0 fully saturated rings. The van der Waals surface area contributed by atoms with Gasteiger partial charge in [-0.05, 0) is 52.3 Å². The first kappa shape index (κ1) is 15.8. The minimum Gasteiger partial charge on any atom is -0.278 e. The van der Waals surface area contributed by atoms with Gasteiger partial charge in [-0.25, -0.2) is 12.8 Å². The molecule has 2 rings (SSSR count). The van der Waals surface area contributed by atoms with Crippen LogP contribution in [0.5, 0.6) is 0 Å². The fourth-order valence-electron chi connectivity index (χ4n) is 1.46. The van der Waals surface area contributed by atoms with Crippen molar-refractivity contribution in [2.75, 3.05) is 4.72 Å². The summed E-state index contributed by atoms with van der Waals surface area (Å²) in [6.45, 7) is 0. The lowest BCUT2D eigenvalue weighted by Crippen LogP contribution is -2.14. The minimum atomic E-state index is -3.84. The summed E-state index contributed by atoms with van der Waals surface area (Å²) in [6.07, 6.45) is 0. The zero-order chi connectivity index (χ0) is 14.9. The molecule has 20 heavy (non-hydrogen) atoms. The van der Waals surface area contributed by atoms with Crippen molar-refractivity contribution < 1.29 is 12.8 Å². The Morgan fingerprint density at radius 3 is 2.45 bits per heavy atom. The molecule has 0 spiro atoms. The van der Waals surface area contributed by atoms with Gasteiger partial charge in [-0.3, -0.25) is 4.72 Å². The highest BCUT2D eigenvalue weighted by Crippen LogP contribution is 2.29. The van der Waals surface area contributed by atoms with Crippen LogP contribution in [-0.2, 0) is 10.0 Å². The van der Waals surface area contributed by atoms with Gasteiger partial charge >= 0.3 is 0 Å². The molecule has 2 aromatic rings. The number of halogens is 4. The lowest BCUT2D eigenvalue weighted by Gasteiger charge is -2.11. The molecule has 0 saturated heterocycles. The zero-order valence-electron chi connectivity index (χ0n) is 9.70. The summed E-state index contributed by atoms with van der Waals surface area (Å²) < 4.78 is 40.9. The number of hydrogen-bond acceptors (Lipinski definition) is 2. The van der Waals surface area contributed by atoms with Crippen LogP contribution in [0.3, 0.4) is 0 Å². The van der Waals surface area contributed by atoms with Crippen molar-refractivity contribution in [3.63, 3.8) is 0 Å². The molecule has 0 aliphatic heterocycles. The first-order valence-corrected chi connectivity index (χ1v) is 8.67. The van der Waals surface area contributed by atoms with Crippen molar-refractivity contribution in [2.24, 2.45) is 0 Å². The molecule has 0 saturated carbocycles. The van der Waals surface area contributed by atoms with Gasteiger partial charge in [0.2, 0.25) is 0 Å². The molecule has 0 unspecified atom stereocenters. The van der Waals surface area contributed by atoms with Crippen LogP contribution in [0.4, 0.5) is 10.1 Å². The topological polar surface area (TPSA) is 46.2 Å². The Hall–Kier alpha value is -0.630. The Morgan fingerprint density at radius 1 is 1.10 bits per heavy atom. The van der Waals surface area contributed by atoms with Gasteiger partial charge in [-0.15, -0.1) is 0 Å². The molecule has 8 heteroatoms. The van der Waals surface area contributed by atoms with E-state index >= 15 is 0 Å². The molecule has 0 heterocycles. The van der Waals surface area contributed by atoms with Crippen molar-refractivity contribution in [3.8, 4) is 0 Å². The largest absolute Gasteiger partial charge is 0.278 e. The fraction of sp³-hybridized carbons (Fsp3) is 0. The summed E-state index contributed by atoms with van der Waals surface area (Å²) in [6, 6.07) is 8.18. The molecule has 0 aromatic heterocycles. The van der Waals surface area contributed by atoms with E-state index in [1.165, 1.54) is 12.1 Å². The normalized spacial score (nSPS) is 11.4. The Morgan fingerprint density at radius 2 is 1.80 bits per heavy atom. The number of nitrogens with one attached hydrogen (secondary N) is 1. The van der Waals surface area contributed by atoms with Crippen LogP contribution in [0, 0.1) is 5.82 Å². The SMILES string of the molecule is O=S(=O)(Nc1ccc(F)cc1Cl)c1cc(Br)ccc1Br. The van der Waals surface area contributed by atoms with Gasteiger partial charge in [0.25, 0.3) is 10.0 Å². The third kappa shape index (κ3) is 3.52. The van der Waals surface area contributed by atoms with Crippen molar-refractivity contribution in [1.29, 1.82) is 0 Å². The molecule has 1 N–H and O–H groups in total. The van der Waals surface area contributed by atoms with Gasteiger partial charge in [0.1, 0.15) is 10.7 Å². The van der Waals surface area contributed by atoms with Crippen LogP contribution < -0.4 is 4.72 Å². The Balaban J connectivity index is 2.43. The Bertz CT molecular complexity index is 768. The van der Waals surface area contributed by atoms with Crippen LogP contribution >= 0.6 is 43.5 Å². The molecule has 0 amide bonds. The molecule has 0 radical (unpaired) electrons. The molecule has 0 aliphatic carbocycles. The average Bonchev–Trinajstić information content (AvgIpc) is 2.35. The van der Waals surface area contributed by atoms with Crippen molar-refractivity contribution >= 4 is 59.2 Å². The summed E-state index contributed by atoms with van der Waals surface area (Å²) in [4.78, 5) is 0.0484. The maximum Gasteiger partial charge on any atom is 0.263 e. The van der Waals surface area contributed by atoms with Crippen LogP contribution in [0.1, 0.15) is 0 Å². The summed E-state index contributed by atoms with van der Waals surface area (Å²) in [7, 11) is -3.84. The summed E-state index contributed by atoms with van der Waals surface area (Å²) in [5.41, 5.74) is 0.111. The standard InChI is InChI=1S/C12H7Br2ClFNO2S/c13-7-1-3-9(14)12(5-7)20(18,19)17-11-4-2-8(16)6-10(11)15/h1-6,17H. The summed E-state index contributed by atoms with van der Waals surface area (Å²) in [5, 5.41) is -0.0142. The van der Waals surface area contributed by atoms with Crippen LogP contribution in [0.25, 0.3) is 0 Å². The van der Waals surface area contributed by atoms with Gasteiger partial charge < -0.3 is 0 Å². The molecule has 0 bridgehead atoms. The van der Waals surface area contributed by atoms with Crippen molar-refractivity contribution in [1.82, 2.24) is 0 Å². The van der Waals surface area contributed by atoms with E-state index in [1.54, 1.807) is 12.1 Å². The predicted octanol–water partition coefficient (Wildman–Crippen LogP) is 4.80. The lowest BCUT2D eigenvalue weighted by atomic mass is 10.3. The number of hydrogen-bond donors (Lipinski definition) is 1. The number of rotatable bonds is 3. The smallest absolute Gasteiger partial charge is 0.263 e. The van der Waals surface area contributed by atoms with Gasteiger partial charge in [0.15, 0.2) is 0 Å². The van der Waals surface area contributed by atoms with E-state index in [9.17, 15) is 12.8 Å². The highest BCUT2D eigenvalue weighted by atomic mass is 79.9. The molecular weight excluding hydrogens is 436 g/mol. The molecule has 106 valence electrons. The molecule has 0 aliphatic rings. The third-order valence-corrected chi connectivity index (χ3v) is 5.52. The van der Waals surface area contributed by atoms with E-state index in [0.717, 1.165) is 12.1 Å². The monoisotopic (exact) mass is 441 g/mol. The van der Waals surface area contributed by atoms with Gasteiger partial charge in [-0.2, -0.15) is 0 Å². The van der Waals surface area contributed by atoms with E-state index in [1.807, 2.05) is 0 Å². The minimum absolute atomic E-state index is 0.0142. The third-order valence-electron chi connectivity index (χ3n) is 2.36. The van der Waals surface area contributed by atoms with E-state index in [0.29, 0.717) is 8.95 Å². The Kier molecular flexibility index (Phi) is 4.73. The molecule has 3 nitrogen and oxygen atoms in total. The number of benzene rings is 2. The van der Waals surface area contributed by atoms with E-state index in [2.05, 4.69) is 36.6 Å². The van der Waals surface area contributed by atoms with E-state index in [4.69, 9.17) is 11.6 Å². The quantitative estimate of drug-likeness (QED) is 0.741. The average molecular weight is 444 g/mol. The highest BCUT2D eigenvalue weighted by Gasteiger charge is 2.19.